The molecule has 1 aromatic rings. The minimum absolute atomic E-state index is 0.0982. The van der Waals surface area contributed by atoms with Crippen LogP contribution in [-0.4, -0.2) is 64.6 Å². The quantitative estimate of drug-likeness (QED) is 0.175. The van der Waals surface area contributed by atoms with Gasteiger partial charge in [0.1, 0.15) is 23.9 Å². The summed E-state index contributed by atoms with van der Waals surface area (Å²) in [6.45, 7) is 5.31. The summed E-state index contributed by atoms with van der Waals surface area (Å²) in [6.07, 6.45) is 1.61. The molecular formula is C23H37N5O6. The number of aromatic hydroxyl groups is 1. The molecule has 9 N–H and O–H groups in total. The topological polar surface area (TPSA) is 197 Å². The molecule has 0 spiro atoms. The van der Waals surface area contributed by atoms with E-state index < -0.39 is 47.9 Å². The SMILES string of the molecule is CC(NC(=O)C(N)Cc1ccc(O)cc1)C(=O)NC(C(=O)NC(CCCCN)C(=O)O)C(C)C. The minimum Gasteiger partial charge on any atom is -0.508 e. The van der Waals surface area contributed by atoms with Crippen LogP contribution in [0.25, 0.3) is 0 Å². The van der Waals surface area contributed by atoms with Crippen molar-refractivity contribution in [3.05, 3.63) is 29.8 Å². The molecule has 0 radical (unpaired) electrons. The third-order valence-electron chi connectivity index (χ3n) is 5.29. The average molecular weight is 480 g/mol. The molecule has 11 nitrogen and oxygen atoms in total. The van der Waals surface area contributed by atoms with Crippen molar-refractivity contribution >= 4 is 23.7 Å². The molecule has 190 valence electrons. The summed E-state index contributed by atoms with van der Waals surface area (Å²) in [5.41, 5.74) is 12.1. The maximum atomic E-state index is 12.7. The van der Waals surface area contributed by atoms with Crippen molar-refractivity contribution in [3.8, 4) is 5.75 Å². The lowest BCUT2D eigenvalue weighted by atomic mass is 10.0. The van der Waals surface area contributed by atoms with Gasteiger partial charge in [-0.05, 0) is 62.8 Å². The first-order valence-electron chi connectivity index (χ1n) is 11.3. The molecule has 4 atom stereocenters. The van der Waals surface area contributed by atoms with Crippen molar-refractivity contribution in [1.82, 2.24) is 16.0 Å². The second kappa shape index (κ2) is 14.2. The summed E-state index contributed by atoms with van der Waals surface area (Å²) < 4.78 is 0. The van der Waals surface area contributed by atoms with Gasteiger partial charge < -0.3 is 37.6 Å². The number of carboxylic acid groups (broad SMARTS) is 1. The predicted octanol–water partition coefficient (Wildman–Crippen LogP) is -0.394. The Bertz CT molecular complexity index is 830. The van der Waals surface area contributed by atoms with Crippen molar-refractivity contribution < 1.29 is 29.4 Å². The summed E-state index contributed by atoms with van der Waals surface area (Å²) in [4.78, 5) is 49.2. The molecule has 0 saturated carbocycles. The molecule has 0 fully saturated rings. The van der Waals surface area contributed by atoms with Crippen molar-refractivity contribution in [2.45, 2.75) is 70.6 Å². The zero-order valence-corrected chi connectivity index (χ0v) is 19.9. The minimum atomic E-state index is -1.16. The number of rotatable bonds is 14. The number of benzene rings is 1. The molecule has 0 saturated heterocycles. The first-order chi connectivity index (χ1) is 16.0. The van der Waals surface area contributed by atoms with Gasteiger partial charge in [-0.25, -0.2) is 4.79 Å². The van der Waals surface area contributed by atoms with Gasteiger partial charge in [-0.3, -0.25) is 14.4 Å². The van der Waals surface area contributed by atoms with Gasteiger partial charge >= 0.3 is 5.97 Å². The van der Waals surface area contributed by atoms with Gasteiger partial charge in [0.25, 0.3) is 0 Å². The Kier molecular flexibility index (Phi) is 12.0. The van der Waals surface area contributed by atoms with Crippen LogP contribution in [0.4, 0.5) is 0 Å². The molecule has 0 bridgehead atoms. The van der Waals surface area contributed by atoms with E-state index in [2.05, 4.69) is 16.0 Å². The number of unbranched alkanes of at least 4 members (excludes halogenated alkanes) is 1. The Labute approximate surface area is 199 Å². The van der Waals surface area contributed by atoms with E-state index in [0.29, 0.717) is 19.4 Å². The fourth-order valence-electron chi connectivity index (χ4n) is 3.19. The number of carbonyl (C=O) groups excluding carboxylic acids is 3. The summed E-state index contributed by atoms with van der Waals surface area (Å²) in [5.74, 6) is -3.17. The number of carbonyl (C=O) groups is 4. The standard InChI is InChI=1S/C23H37N5O6/c1-13(2)19(22(32)27-18(23(33)34)6-4-5-11-24)28-20(30)14(3)26-21(31)17(25)12-15-7-9-16(29)10-8-15/h7-10,13-14,17-19,29H,4-6,11-12,24-25H2,1-3H3,(H,26,31)(H,27,32)(H,28,30)(H,33,34). The highest BCUT2D eigenvalue weighted by molar-refractivity contribution is 5.94. The fourth-order valence-corrected chi connectivity index (χ4v) is 3.19. The van der Waals surface area contributed by atoms with Crippen molar-refractivity contribution in [2.24, 2.45) is 17.4 Å². The van der Waals surface area contributed by atoms with E-state index in [1.807, 2.05) is 0 Å². The lowest BCUT2D eigenvalue weighted by molar-refractivity contribution is -0.142. The van der Waals surface area contributed by atoms with Gasteiger partial charge in [-0.15, -0.1) is 0 Å². The highest BCUT2D eigenvalue weighted by atomic mass is 16.4. The zero-order valence-electron chi connectivity index (χ0n) is 19.9. The number of hydrogen-bond acceptors (Lipinski definition) is 7. The van der Waals surface area contributed by atoms with Crippen LogP contribution in [-0.2, 0) is 25.6 Å². The Hall–Kier alpha value is -3.18. The predicted molar refractivity (Wildman–Crippen MR) is 127 cm³/mol. The van der Waals surface area contributed by atoms with E-state index in [9.17, 15) is 29.4 Å². The first-order valence-corrected chi connectivity index (χ1v) is 11.3. The molecule has 0 aliphatic carbocycles. The lowest BCUT2D eigenvalue weighted by Crippen LogP contribution is -2.57. The van der Waals surface area contributed by atoms with Gasteiger partial charge in [0.2, 0.25) is 17.7 Å². The number of aliphatic carboxylic acids is 1. The van der Waals surface area contributed by atoms with Gasteiger partial charge in [0.05, 0.1) is 6.04 Å². The highest BCUT2D eigenvalue weighted by Crippen LogP contribution is 2.11. The first kappa shape index (κ1) is 28.9. The van der Waals surface area contributed by atoms with Crippen LogP contribution in [0.2, 0.25) is 0 Å². The number of nitrogens with one attached hydrogen (secondary N) is 3. The van der Waals surface area contributed by atoms with Gasteiger partial charge in [0.15, 0.2) is 0 Å². The maximum Gasteiger partial charge on any atom is 0.326 e. The molecule has 0 aliphatic rings. The third-order valence-corrected chi connectivity index (χ3v) is 5.29. The largest absolute Gasteiger partial charge is 0.508 e. The maximum absolute atomic E-state index is 12.7. The lowest BCUT2D eigenvalue weighted by Gasteiger charge is -2.26. The van der Waals surface area contributed by atoms with Crippen LogP contribution in [0.3, 0.4) is 0 Å². The van der Waals surface area contributed by atoms with Crippen LogP contribution in [0, 0.1) is 5.92 Å². The zero-order chi connectivity index (χ0) is 25.8. The molecule has 0 heterocycles. The second-order valence-electron chi connectivity index (χ2n) is 8.62. The smallest absolute Gasteiger partial charge is 0.326 e. The molecular weight excluding hydrogens is 442 g/mol. The molecule has 4 unspecified atom stereocenters. The number of carboxylic acids is 1. The summed E-state index contributed by atoms with van der Waals surface area (Å²) in [7, 11) is 0. The fraction of sp³-hybridized carbons (Fsp3) is 0.565. The Morgan fingerprint density at radius 1 is 0.912 bits per heavy atom. The normalized spacial score (nSPS) is 14.5. The number of amides is 3. The summed E-state index contributed by atoms with van der Waals surface area (Å²) >= 11 is 0. The molecule has 34 heavy (non-hydrogen) atoms. The van der Waals surface area contributed by atoms with Crippen LogP contribution < -0.4 is 27.4 Å². The van der Waals surface area contributed by atoms with Crippen molar-refractivity contribution in [2.75, 3.05) is 6.54 Å². The van der Waals surface area contributed by atoms with E-state index >= 15 is 0 Å². The van der Waals surface area contributed by atoms with Crippen LogP contribution in [0.1, 0.15) is 45.6 Å². The number of phenols is 1. The molecule has 3 amide bonds. The molecule has 1 rings (SSSR count). The summed E-state index contributed by atoms with van der Waals surface area (Å²) in [5, 5.41) is 26.3. The Balaban J connectivity index is 2.69. The second-order valence-corrected chi connectivity index (χ2v) is 8.62. The van der Waals surface area contributed by atoms with Crippen molar-refractivity contribution in [1.29, 1.82) is 0 Å². The van der Waals surface area contributed by atoms with Crippen LogP contribution in [0.15, 0.2) is 24.3 Å². The molecule has 0 aromatic heterocycles. The molecule has 11 heteroatoms. The monoisotopic (exact) mass is 479 g/mol. The number of nitrogens with two attached hydrogens (primary N) is 2. The van der Waals surface area contributed by atoms with E-state index in [0.717, 1.165) is 5.56 Å². The number of hydrogen-bond donors (Lipinski definition) is 7. The number of phenolic OH excluding ortho intramolecular Hbond substituents is 1. The van der Waals surface area contributed by atoms with Crippen LogP contribution in [0.5, 0.6) is 5.75 Å². The highest BCUT2D eigenvalue weighted by Gasteiger charge is 2.30. The Morgan fingerprint density at radius 2 is 1.53 bits per heavy atom. The van der Waals surface area contributed by atoms with Gasteiger partial charge in [-0.2, -0.15) is 0 Å². The molecule has 1 aromatic carbocycles. The van der Waals surface area contributed by atoms with Crippen molar-refractivity contribution in [3.63, 3.8) is 0 Å². The van der Waals surface area contributed by atoms with Crippen LogP contribution >= 0.6 is 0 Å². The van der Waals surface area contributed by atoms with E-state index in [1.165, 1.54) is 19.1 Å². The van der Waals surface area contributed by atoms with E-state index in [-0.39, 0.29) is 24.5 Å². The van der Waals surface area contributed by atoms with E-state index in [4.69, 9.17) is 11.5 Å². The third kappa shape index (κ3) is 9.75. The Morgan fingerprint density at radius 3 is 2.06 bits per heavy atom. The van der Waals surface area contributed by atoms with E-state index in [1.54, 1.807) is 26.0 Å². The van der Waals surface area contributed by atoms with Gasteiger partial charge in [0, 0.05) is 0 Å². The average Bonchev–Trinajstić information content (AvgIpc) is 2.77. The van der Waals surface area contributed by atoms with Gasteiger partial charge in [-0.1, -0.05) is 26.0 Å². The summed E-state index contributed by atoms with van der Waals surface area (Å²) in [6, 6.07) is 2.28. The molecule has 0 aliphatic heterocycles.